The molecular formula is C15H21Hf. The van der Waals surface area contributed by atoms with Crippen molar-refractivity contribution in [1.82, 2.24) is 0 Å². The zero-order valence-electron chi connectivity index (χ0n) is 11.0. The standard InChI is InChI=1S/C13H15.2CH3.Hf/c1-9(2)12-6-4-5-11-7-10(3)8-13(11)12;;;/h4-9H,1-3H3;2*1H3;. The summed E-state index contributed by atoms with van der Waals surface area (Å²) in [5.74, 6) is 0.639. The third kappa shape index (κ3) is 1.99. The zero-order chi connectivity index (χ0) is 11.9. The van der Waals surface area contributed by atoms with E-state index >= 15 is 0 Å². The first-order chi connectivity index (χ1) is 7.52. The molecule has 0 aromatic heterocycles. The van der Waals surface area contributed by atoms with Crippen molar-refractivity contribution in [3.05, 3.63) is 40.5 Å². The van der Waals surface area contributed by atoms with Crippen LogP contribution in [-0.4, -0.2) is 0 Å². The van der Waals surface area contributed by atoms with Gasteiger partial charge >= 0.3 is 108 Å². The molecule has 85 valence electrons. The van der Waals surface area contributed by atoms with Crippen molar-refractivity contribution in [3.8, 4) is 0 Å². The normalized spacial score (nSPS) is 18.6. The van der Waals surface area contributed by atoms with Gasteiger partial charge in [0.2, 0.25) is 0 Å². The average Bonchev–Trinajstić information content (AvgIpc) is 2.52. The van der Waals surface area contributed by atoms with Crippen LogP contribution in [0.15, 0.2) is 23.8 Å². The second-order valence-electron chi connectivity index (χ2n) is 5.40. The molecule has 1 aromatic carbocycles. The Balaban J connectivity index is 2.55. The molecule has 0 spiro atoms. The van der Waals surface area contributed by atoms with Crippen molar-refractivity contribution in [2.45, 2.75) is 39.7 Å². The Kier molecular flexibility index (Phi) is 3.53. The maximum atomic E-state index is 2.53. The molecule has 0 saturated carbocycles. The van der Waals surface area contributed by atoms with Gasteiger partial charge in [0.15, 0.2) is 0 Å². The monoisotopic (exact) mass is 381 g/mol. The molecule has 0 saturated heterocycles. The average molecular weight is 380 g/mol. The van der Waals surface area contributed by atoms with Crippen LogP contribution in [-0.2, 0) is 21.4 Å². The number of fused-ring (bicyclic) bond motifs is 1. The van der Waals surface area contributed by atoms with E-state index in [9.17, 15) is 0 Å². The van der Waals surface area contributed by atoms with E-state index in [4.69, 9.17) is 0 Å². The first-order valence-corrected chi connectivity index (χ1v) is 15.4. The maximum absolute atomic E-state index is 2.53. The van der Waals surface area contributed by atoms with Gasteiger partial charge in [-0.1, -0.05) is 0 Å². The Morgan fingerprint density at radius 2 is 1.88 bits per heavy atom. The molecule has 0 heterocycles. The van der Waals surface area contributed by atoms with E-state index in [0.29, 0.717) is 5.92 Å². The molecule has 1 unspecified atom stereocenters. The molecule has 0 amide bonds. The Morgan fingerprint density at radius 1 is 1.19 bits per heavy atom. The number of allylic oxidation sites excluding steroid dienone is 1. The summed E-state index contributed by atoms with van der Waals surface area (Å²) >= 11 is -1.35. The molecule has 2 rings (SSSR count). The van der Waals surface area contributed by atoms with Crippen LogP contribution in [0.25, 0.3) is 6.08 Å². The minimum atomic E-state index is -1.35. The summed E-state index contributed by atoms with van der Waals surface area (Å²) in [6.07, 6.45) is 2.45. The third-order valence-electron chi connectivity index (χ3n) is 3.51. The molecule has 1 aliphatic carbocycles. The number of rotatable bonds is 2. The molecule has 1 aromatic rings. The van der Waals surface area contributed by atoms with Gasteiger partial charge in [0.05, 0.1) is 0 Å². The molecule has 0 aliphatic heterocycles. The number of hydrogen-bond acceptors (Lipinski definition) is 0. The van der Waals surface area contributed by atoms with Crippen molar-refractivity contribution < 1.29 is 21.4 Å². The second kappa shape index (κ2) is 4.60. The van der Waals surface area contributed by atoms with Crippen LogP contribution in [0.3, 0.4) is 0 Å². The van der Waals surface area contributed by atoms with E-state index in [1.165, 1.54) is 5.56 Å². The van der Waals surface area contributed by atoms with E-state index in [2.05, 4.69) is 54.4 Å². The van der Waals surface area contributed by atoms with Crippen molar-refractivity contribution >= 4 is 6.08 Å². The van der Waals surface area contributed by atoms with E-state index in [1.54, 1.807) is 16.7 Å². The van der Waals surface area contributed by atoms with Gasteiger partial charge in [0.1, 0.15) is 0 Å². The molecule has 0 N–H and O–H groups in total. The molecule has 1 aliphatic rings. The number of hydrogen-bond donors (Lipinski definition) is 0. The van der Waals surface area contributed by atoms with Crippen molar-refractivity contribution in [3.63, 3.8) is 0 Å². The zero-order valence-corrected chi connectivity index (χ0v) is 14.6. The summed E-state index contributed by atoms with van der Waals surface area (Å²) in [4.78, 5) is 0. The van der Waals surface area contributed by atoms with Crippen LogP contribution >= 0.6 is 0 Å². The number of benzene rings is 1. The van der Waals surface area contributed by atoms with E-state index < -0.39 is 21.4 Å². The molecule has 0 bridgehead atoms. The van der Waals surface area contributed by atoms with Gasteiger partial charge < -0.3 is 0 Å². The quantitative estimate of drug-likeness (QED) is 0.635. The first kappa shape index (κ1) is 12.3. The molecule has 1 atom stereocenters. The van der Waals surface area contributed by atoms with E-state index in [1.807, 2.05) is 0 Å². The van der Waals surface area contributed by atoms with Gasteiger partial charge in [-0.3, -0.25) is 0 Å². The van der Waals surface area contributed by atoms with Gasteiger partial charge in [0.25, 0.3) is 0 Å². The summed E-state index contributed by atoms with van der Waals surface area (Å²) in [6, 6.07) is 6.91. The Bertz CT molecular complexity index is 427. The summed E-state index contributed by atoms with van der Waals surface area (Å²) in [5.41, 5.74) is 6.34. The fraction of sp³-hybridized carbons (Fsp3) is 0.467. The Morgan fingerprint density at radius 3 is 2.44 bits per heavy atom. The predicted molar refractivity (Wildman–Crippen MR) is 68.7 cm³/mol. The predicted octanol–water partition coefficient (Wildman–Crippen LogP) is 4.98. The van der Waals surface area contributed by atoms with Crippen LogP contribution in [0.5, 0.6) is 0 Å². The van der Waals surface area contributed by atoms with Gasteiger partial charge in [-0.05, 0) is 0 Å². The second-order valence-corrected chi connectivity index (χ2v) is 15.2. The van der Waals surface area contributed by atoms with Gasteiger partial charge in [-0.2, -0.15) is 0 Å². The van der Waals surface area contributed by atoms with Gasteiger partial charge in [-0.25, -0.2) is 0 Å². The third-order valence-corrected chi connectivity index (χ3v) is 10.4. The summed E-state index contributed by atoms with van der Waals surface area (Å²) in [6.45, 7) is 6.92. The summed E-state index contributed by atoms with van der Waals surface area (Å²) < 4.78 is 5.91. The van der Waals surface area contributed by atoms with E-state index in [0.717, 1.165) is 3.67 Å². The molecule has 16 heavy (non-hydrogen) atoms. The van der Waals surface area contributed by atoms with Crippen molar-refractivity contribution in [2.24, 2.45) is 0 Å². The van der Waals surface area contributed by atoms with Crippen LogP contribution in [0.1, 0.15) is 47.1 Å². The molecule has 1 heteroatoms. The first-order valence-electron chi connectivity index (χ1n) is 6.13. The topological polar surface area (TPSA) is 0 Å². The van der Waals surface area contributed by atoms with Crippen LogP contribution < -0.4 is 0 Å². The van der Waals surface area contributed by atoms with Crippen LogP contribution in [0.2, 0.25) is 9.36 Å². The fourth-order valence-corrected chi connectivity index (χ4v) is 9.56. The molecule has 0 fully saturated rings. The van der Waals surface area contributed by atoms with E-state index in [-0.39, 0.29) is 0 Å². The molecule has 0 nitrogen and oxygen atoms in total. The SMILES string of the molecule is CC1=Cc2c(C(C)C)cccc2[CH]1[Hf]([CH3])[CH3]. The van der Waals surface area contributed by atoms with Gasteiger partial charge in [0, 0.05) is 0 Å². The van der Waals surface area contributed by atoms with Crippen molar-refractivity contribution in [2.75, 3.05) is 0 Å². The minimum absolute atomic E-state index is 0.639. The van der Waals surface area contributed by atoms with Crippen molar-refractivity contribution in [1.29, 1.82) is 0 Å². The molecule has 0 radical (unpaired) electrons. The fourth-order valence-electron chi connectivity index (χ4n) is 2.85. The van der Waals surface area contributed by atoms with Gasteiger partial charge in [-0.15, -0.1) is 0 Å². The Labute approximate surface area is 107 Å². The van der Waals surface area contributed by atoms with Crippen LogP contribution in [0, 0.1) is 0 Å². The Hall–Kier alpha value is -0.170. The van der Waals surface area contributed by atoms with Crippen LogP contribution in [0.4, 0.5) is 0 Å². The summed E-state index contributed by atoms with van der Waals surface area (Å²) in [7, 11) is 0. The molecular weight excluding hydrogens is 359 g/mol. The summed E-state index contributed by atoms with van der Waals surface area (Å²) in [5, 5.41) is 0.